The molecule has 2 rings (SSSR count). The largest absolute Gasteiger partial charge is 0.477 e. The lowest BCUT2D eigenvalue weighted by molar-refractivity contribution is 0.0690. The first kappa shape index (κ1) is 15.6. The molecule has 116 valence electrons. The second-order valence-electron chi connectivity index (χ2n) is 5.56. The number of ether oxygens (including phenoxy) is 1. The van der Waals surface area contributed by atoms with Gasteiger partial charge in [0, 0.05) is 25.5 Å². The molecule has 6 heteroatoms. The Morgan fingerprint density at radius 1 is 1.43 bits per heavy atom. The number of H-pyrrole nitrogens is 1. The number of hydrogen-bond acceptors (Lipinski definition) is 3. The van der Waals surface area contributed by atoms with Gasteiger partial charge in [-0.05, 0) is 44.6 Å². The minimum absolute atomic E-state index is 0.0840. The number of aromatic amines is 1. The Morgan fingerprint density at radius 2 is 2.19 bits per heavy atom. The van der Waals surface area contributed by atoms with E-state index >= 15 is 0 Å². The zero-order chi connectivity index (χ0) is 15.4. The maximum Gasteiger partial charge on any atom is 0.352 e. The van der Waals surface area contributed by atoms with Crippen LogP contribution in [0.1, 0.15) is 51.4 Å². The number of aromatic carboxylic acids is 1. The molecule has 6 nitrogen and oxygen atoms in total. The van der Waals surface area contributed by atoms with E-state index in [9.17, 15) is 9.59 Å². The number of amides is 1. The molecular formula is C15H22N2O4. The van der Waals surface area contributed by atoms with Gasteiger partial charge in [-0.25, -0.2) is 4.79 Å². The molecule has 0 saturated carbocycles. The summed E-state index contributed by atoms with van der Waals surface area (Å²) in [6.45, 7) is 5.63. The van der Waals surface area contributed by atoms with Gasteiger partial charge in [-0.15, -0.1) is 0 Å². The van der Waals surface area contributed by atoms with Crippen LogP contribution in [0.25, 0.3) is 0 Å². The van der Waals surface area contributed by atoms with Gasteiger partial charge in [0.1, 0.15) is 5.69 Å². The lowest BCUT2D eigenvalue weighted by Crippen LogP contribution is -2.26. The molecule has 1 aliphatic rings. The van der Waals surface area contributed by atoms with E-state index in [-0.39, 0.29) is 11.6 Å². The van der Waals surface area contributed by atoms with Crippen molar-refractivity contribution < 1.29 is 19.4 Å². The molecule has 0 radical (unpaired) electrons. The zero-order valence-electron chi connectivity index (χ0n) is 12.5. The molecule has 0 unspecified atom stereocenters. The van der Waals surface area contributed by atoms with Gasteiger partial charge in [0.15, 0.2) is 0 Å². The number of rotatable bonds is 6. The molecule has 2 heterocycles. The summed E-state index contributed by atoms with van der Waals surface area (Å²) in [5.74, 6) is -0.649. The van der Waals surface area contributed by atoms with Crippen LogP contribution in [0.15, 0.2) is 0 Å². The third-order valence-corrected chi connectivity index (χ3v) is 3.98. The quantitative estimate of drug-likeness (QED) is 0.699. The van der Waals surface area contributed by atoms with Crippen molar-refractivity contribution >= 4 is 11.9 Å². The highest BCUT2D eigenvalue weighted by Crippen LogP contribution is 2.19. The van der Waals surface area contributed by atoms with E-state index in [0.717, 1.165) is 32.5 Å². The second-order valence-corrected chi connectivity index (χ2v) is 5.56. The van der Waals surface area contributed by atoms with E-state index in [1.807, 2.05) is 0 Å². The molecule has 1 saturated heterocycles. The van der Waals surface area contributed by atoms with Gasteiger partial charge in [-0.1, -0.05) is 0 Å². The monoisotopic (exact) mass is 294 g/mol. The van der Waals surface area contributed by atoms with Crippen molar-refractivity contribution in [3.63, 3.8) is 0 Å². The Morgan fingerprint density at radius 3 is 2.76 bits per heavy atom. The van der Waals surface area contributed by atoms with Gasteiger partial charge >= 0.3 is 5.97 Å². The first-order valence-corrected chi connectivity index (χ1v) is 7.29. The fraction of sp³-hybridized carbons (Fsp3) is 0.600. The Balaban J connectivity index is 1.86. The standard InChI is InChI=1S/C15H22N2O4/c1-9-12(10(2)17-13(9)15(19)20)14(18)16-6-3-4-11-5-7-21-8-11/h11,17H,3-8H2,1-2H3,(H,16,18)(H,19,20)/t11-/m0/s1. The van der Waals surface area contributed by atoms with Crippen molar-refractivity contribution in [2.45, 2.75) is 33.1 Å². The van der Waals surface area contributed by atoms with E-state index < -0.39 is 5.97 Å². The van der Waals surface area contributed by atoms with Crippen LogP contribution in [-0.2, 0) is 4.74 Å². The summed E-state index contributed by atoms with van der Waals surface area (Å²) < 4.78 is 5.31. The fourth-order valence-corrected chi connectivity index (χ4v) is 2.80. The van der Waals surface area contributed by atoms with E-state index in [1.54, 1.807) is 13.8 Å². The molecule has 0 spiro atoms. The number of carboxylic acids is 1. The summed E-state index contributed by atoms with van der Waals surface area (Å²) in [6, 6.07) is 0. The molecule has 1 aromatic heterocycles. The highest BCUT2D eigenvalue weighted by atomic mass is 16.5. The minimum atomic E-state index is -1.05. The van der Waals surface area contributed by atoms with Crippen LogP contribution >= 0.6 is 0 Å². The van der Waals surface area contributed by atoms with Gasteiger partial charge in [0.05, 0.1) is 5.56 Å². The number of carbonyl (C=O) groups is 2. The summed E-state index contributed by atoms with van der Waals surface area (Å²) in [6.07, 6.45) is 3.06. The number of hydrogen-bond donors (Lipinski definition) is 3. The average molecular weight is 294 g/mol. The number of carbonyl (C=O) groups excluding carboxylic acids is 1. The van der Waals surface area contributed by atoms with Crippen LogP contribution in [0.2, 0.25) is 0 Å². The summed E-state index contributed by atoms with van der Waals surface area (Å²) in [5, 5.41) is 11.9. The summed E-state index contributed by atoms with van der Waals surface area (Å²) in [4.78, 5) is 26.0. The lowest BCUT2D eigenvalue weighted by atomic mass is 10.0. The summed E-state index contributed by atoms with van der Waals surface area (Å²) >= 11 is 0. The molecule has 1 fully saturated rings. The maximum atomic E-state index is 12.2. The van der Waals surface area contributed by atoms with Crippen LogP contribution in [0, 0.1) is 19.8 Å². The van der Waals surface area contributed by atoms with Crippen molar-refractivity contribution in [1.82, 2.24) is 10.3 Å². The topological polar surface area (TPSA) is 91.4 Å². The third kappa shape index (κ3) is 3.64. The molecule has 0 aromatic carbocycles. The van der Waals surface area contributed by atoms with Crippen LogP contribution in [0.5, 0.6) is 0 Å². The number of aromatic nitrogens is 1. The first-order chi connectivity index (χ1) is 10.0. The second kappa shape index (κ2) is 6.76. The normalized spacial score (nSPS) is 17.9. The number of nitrogens with one attached hydrogen (secondary N) is 2. The zero-order valence-corrected chi connectivity index (χ0v) is 12.5. The Bertz CT molecular complexity index is 530. The molecule has 1 aromatic rings. The van der Waals surface area contributed by atoms with Crippen LogP contribution in [0.4, 0.5) is 0 Å². The predicted molar refractivity (Wildman–Crippen MR) is 77.7 cm³/mol. The summed E-state index contributed by atoms with van der Waals surface area (Å²) in [5.41, 5.74) is 1.60. The Hall–Kier alpha value is -1.82. The van der Waals surface area contributed by atoms with Gasteiger partial charge < -0.3 is 20.1 Å². The van der Waals surface area contributed by atoms with E-state index in [0.29, 0.717) is 29.3 Å². The highest BCUT2D eigenvalue weighted by molar-refractivity contribution is 6.00. The van der Waals surface area contributed by atoms with Crippen molar-refractivity contribution in [3.8, 4) is 0 Å². The Kier molecular flexibility index (Phi) is 5.01. The van der Waals surface area contributed by atoms with Gasteiger partial charge in [-0.3, -0.25) is 4.79 Å². The van der Waals surface area contributed by atoms with Gasteiger partial charge in [0.2, 0.25) is 0 Å². The number of carboxylic acid groups (broad SMARTS) is 1. The van der Waals surface area contributed by atoms with Crippen LogP contribution < -0.4 is 5.32 Å². The van der Waals surface area contributed by atoms with Crippen molar-refractivity contribution in [3.05, 3.63) is 22.5 Å². The molecule has 0 bridgehead atoms. The molecule has 0 aliphatic carbocycles. The van der Waals surface area contributed by atoms with Gasteiger partial charge in [-0.2, -0.15) is 0 Å². The van der Waals surface area contributed by atoms with E-state index in [2.05, 4.69) is 10.3 Å². The van der Waals surface area contributed by atoms with Crippen molar-refractivity contribution in [2.24, 2.45) is 5.92 Å². The van der Waals surface area contributed by atoms with Gasteiger partial charge in [0.25, 0.3) is 5.91 Å². The maximum absolute atomic E-state index is 12.2. The SMILES string of the molecule is Cc1[nH]c(C(=O)O)c(C)c1C(=O)NCCC[C@H]1CCOC1. The highest BCUT2D eigenvalue weighted by Gasteiger charge is 2.21. The Labute approximate surface area is 123 Å². The molecular weight excluding hydrogens is 272 g/mol. The van der Waals surface area contributed by atoms with Crippen LogP contribution in [0.3, 0.4) is 0 Å². The van der Waals surface area contributed by atoms with Crippen LogP contribution in [-0.4, -0.2) is 41.7 Å². The van der Waals surface area contributed by atoms with Crippen molar-refractivity contribution in [1.29, 1.82) is 0 Å². The molecule has 3 N–H and O–H groups in total. The van der Waals surface area contributed by atoms with E-state index in [1.165, 1.54) is 0 Å². The predicted octanol–water partition coefficient (Wildman–Crippen LogP) is 1.88. The average Bonchev–Trinajstić information content (AvgIpc) is 3.03. The smallest absolute Gasteiger partial charge is 0.352 e. The molecule has 21 heavy (non-hydrogen) atoms. The first-order valence-electron chi connectivity index (χ1n) is 7.29. The minimum Gasteiger partial charge on any atom is -0.477 e. The molecule has 1 aliphatic heterocycles. The lowest BCUT2D eigenvalue weighted by Gasteiger charge is -2.09. The summed E-state index contributed by atoms with van der Waals surface area (Å²) in [7, 11) is 0. The van der Waals surface area contributed by atoms with Crippen molar-refractivity contribution in [2.75, 3.05) is 19.8 Å². The fourth-order valence-electron chi connectivity index (χ4n) is 2.80. The number of aryl methyl sites for hydroxylation is 1. The third-order valence-electron chi connectivity index (χ3n) is 3.98. The molecule has 1 amide bonds. The van der Waals surface area contributed by atoms with E-state index in [4.69, 9.17) is 9.84 Å². The molecule has 1 atom stereocenters.